The summed E-state index contributed by atoms with van der Waals surface area (Å²) >= 11 is 0. The number of unbranched alkanes of at least 4 members (excludes halogenated alkanes) is 2. The van der Waals surface area contributed by atoms with E-state index in [2.05, 4.69) is 19.9 Å². The van der Waals surface area contributed by atoms with Crippen LogP contribution in [0.4, 0.5) is 11.4 Å². The van der Waals surface area contributed by atoms with Gasteiger partial charge in [0.15, 0.2) is 16.4 Å². The van der Waals surface area contributed by atoms with Gasteiger partial charge in [-0.1, -0.05) is 57.7 Å². The highest BCUT2D eigenvalue weighted by Crippen LogP contribution is 2.46. The molecule has 0 N–H and O–H groups in total. The third-order valence-electron chi connectivity index (χ3n) is 6.75. The molecule has 0 bridgehead atoms. The SMILES string of the molecule is CCCCC1(CCCC)CN(c2ccccc2)c2cc(C#N)c(OCC(=O)OC(C)(C)C)cc2S(=O)(=O)C1. The molecular weight excluding hydrogens is 500 g/mol. The Hall–Kier alpha value is -3.05. The number of carbonyl (C=O) groups excluding carboxylic acids is 1. The minimum absolute atomic E-state index is 0.0216. The lowest BCUT2D eigenvalue weighted by Crippen LogP contribution is -2.38. The number of benzene rings is 2. The van der Waals surface area contributed by atoms with Gasteiger partial charge < -0.3 is 14.4 Å². The van der Waals surface area contributed by atoms with Gasteiger partial charge in [-0.25, -0.2) is 13.2 Å². The molecule has 0 atom stereocenters. The van der Waals surface area contributed by atoms with Gasteiger partial charge in [-0.3, -0.25) is 0 Å². The number of ether oxygens (including phenoxy) is 2. The summed E-state index contributed by atoms with van der Waals surface area (Å²) in [6.07, 6.45) is 5.43. The number of hydrogen-bond acceptors (Lipinski definition) is 7. The number of nitrogens with zero attached hydrogens (tertiary/aromatic N) is 2. The number of fused-ring (bicyclic) bond motifs is 1. The summed E-state index contributed by atoms with van der Waals surface area (Å²) in [7, 11) is -3.75. The van der Waals surface area contributed by atoms with Crippen molar-refractivity contribution in [3.05, 3.63) is 48.0 Å². The average molecular weight is 541 g/mol. The van der Waals surface area contributed by atoms with Crippen molar-refractivity contribution < 1.29 is 22.7 Å². The Kier molecular flexibility index (Phi) is 9.48. The monoisotopic (exact) mass is 540 g/mol. The summed E-state index contributed by atoms with van der Waals surface area (Å²) in [5.74, 6) is -0.514. The average Bonchev–Trinajstić information content (AvgIpc) is 2.96. The molecule has 38 heavy (non-hydrogen) atoms. The maximum absolute atomic E-state index is 14.0. The van der Waals surface area contributed by atoms with Crippen LogP contribution in [0.3, 0.4) is 0 Å². The van der Waals surface area contributed by atoms with Crippen molar-refractivity contribution >= 4 is 27.2 Å². The molecule has 0 saturated carbocycles. The van der Waals surface area contributed by atoms with E-state index in [1.807, 2.05) is 35.2 Å². The Labute approximate surface area is 227 Å². The molecule has 0 unspecified atom stereocenters. The number of rotatable bonds is 10. The molecule has 2 aromatic rings. The van der Waals surface area contributed by atoms with Crippen LogP contribution in [0.1, 0.15) is 78.7 Å². The number of hydrogen-bond donors (Lipinski definition) is 0. The molecule has 206 valence electrons. The van der Waals surface area contributed by atoms with Gasteiger partial charge >= 0.3 is 5.97 Å². The zero-order chi connectivity index (χ0) is 28.0. The third kappa shape index (κ3) is 7.28. The Morgan fingerprint density at radius 1 is 1.08 bits per heavy atom. The molecule has 2 aromatic carbocycles. The number of anilines is 2. The third-order valence-corrected chi connectivity index (χ3v) is 8.74. The van der Waals surface area contributed by atoms with Crippen LogP contribution in [0, 0.1) is 16.7 Å². The first-order valence-corrected chi connectivity index (χ1v) is 15.1. The fourth-order valence-corrected chi connectivity index (χ4v) is 7.16. The quantitative estimate of drug-likeness (QED) is 0.314. The number of sulfone groups is 1. The normalized spacial score (nSPS) is 16.2. The standard InChI is InChI=1S/C30H40N2O5S/c1-6-8-15-30(16-9-7-2)21-32(24-13-11-10-12-14-24)25-17-23(19-31)26(18-27(25)38(34,35)22-30)36-20-28(33)37-29(3,4)5/h10-14,17-18H,6-9,15-16,20-22H2,1-5H3. The van der Waals surface area contributed by atoms with E-state index in [4.69, 9.17) is 9.47 Å². The van der Waals surface area contributed by atoms with E-state index in [0.717, 1.165) is 44.2 Å². The van der Waals surface area contributed by atoms with E-state index in [9.17, 15) is 18.5 Å². The molecule has 0 spiro atoms. The number of carbonyl (C=O) groups is 1. The molecule has 0 aliphatic carbocycles. The highest BCUT2D eigenvalue weighted by Gasteiger charge is 2.42. The maximum Gasteiger partial charge on any atom is 0.344 e. The van der Waals surface area contributed by atoms with Crippen molar-refractivity contribution in [2.45, 2.75) is 83.6 Å². The van der Waals surface area contributed by atoms with Crippen molar-refractivity contribution in [3.8, 4) is 11.8 Å². The van der Waals surface area contributed by atoms with Gasteiger partial charge in [0.05, 0.1) is 21.9 Å². The van der Waals surface area contributed by atoms with E-state index in [1.54, 1.807) is 26.8 Å². The van der Waals surface area contributed by atoms with Crippen molar-refractivity contribution in [2.75, 3.05) is 23.8 Å². The van der Waals surface area contributed by atoms with Crippen LogP contribution in [0.5, 0.6) is 5.75 Å². The number of nitriles is 1. The molecule has 1 aliphatic rings. The molecule has 1 heterocycles. The van der Waals surface area contributed by atoms with Crippen LogP contribution in [0.15, 0.2) is 47.4 Å². The molecular formula is C30H40N2O5S. The van der Waals surface area contributed by atoms with Crippen LogP contribution in [0.2, 0.25) is 0 Å². The second-order valence-electron chi connectivity index (χ2n) is 11.2. The number of esters is 1. The number of para-hydroxylation sites is 1. The highest BCUT2D eigenvalue weighted by atomic mass is 32.2. The molecule has 0 aromatic heterocycles. The summed E-state index contributed by atoms with van der Waals surface area (Å²) in [6, 6.07) is 14.8. The van der Waals surface area contributed by atoms with Gasteiger partial charge in [-0.05, 0) is 51.8 Å². The second-order valence-corrected chi connectivity index (χ2v) is 13.1. The summed E-state index contributed by atoms with van der Waals surface area (Å²) < 4.78 is 39.1. The predicted molar refractivity (Wildman–Crippen MR) is 149 cm³/mol. The van der Waals surface area contributed by atoms with Gasteiger partial charge in [0.25, 0.3) is 0 Å². The smallest absolute Gasteiger partial charge is 0.344 e. The van der Waals surface area contributed by atoms with Gasteiger partial charge in [0, 0.05) is 23.7 Å². The Morgan fingerprint density at radius 3 is 2.26 bits per heavy atom. The minimum atomic E-state index is -3.75. The van der Waals surface area contributed by atoms with Gasteiger partial charge in [0.1, 0.15) is 17.4 Å². The van der Waals surface area contributed by atoms with E-state index in [0.29, 0.717) is 12.2 Å². The fourth-order valence-electron chi connectivity index (χ4n) is 5.04. The van der Waals surface area contributed by atoms with Crippen LogP contribution in [-0.4, -0.2) is 38.9 Å². The summed E-state index contributed by atoms with van der Waals surface area (Å²) in [5.41, 5.74) is 0.371. The van der Waals surface area contributed by atoms with Crippen molar-refractivity contribution in [1.29, 1.82) is 5.26 Å². The van der Waals surface area contributed by atoms with E-state index < -0.39 is 33.4 Å². The summed E-state index contributed by atoms with van der Waals surface area (Å²) in [5, 5.41) is 9.95. The molecule has 0 saturated heterocycles. The molecule has 0 fully saturated rings. The molecule has 8 heteroatoms. The molecule has 0 amide bonds. The molecule has 3 rings (SSSR count). The molecule has 1 aliphatic heterocycles. The minimum Gasteiger partial charge on any atom is -0.480 e. The van der Waals surface area contributed by atoms with Crippen LogP contribution < -0.4 is 9.64 Å². The van der Waals surface area contributed by atoms with Gasteiger partial charge in [0.2, 0.25) is 0 Å². The van der Waals surface area contributed by atoms with E-state index in [1.165, 1.54) is 6.07 Å². The van der Waals surface area contributed by atoms with Crippen LogP contribution in [0.25, 0.3) is 0 Å². The largest absolute Gasteiger partial charge is 0.480 e. The topological polar surface area (TPSA) is 96.7 Å². The van der Waals surface area contributed by atoms with E-state index >= 15 is 0 Å². The second kappa shape index (κ2) is 12.2. The lowest BCUT2D eigenvalue weighted by atomic mass is 9.79. The molecule has 7 nitrogen and oxygen atoms in total. The summed E-state index contributed by atoms with van der Waals surface area (Å²) in [4.78, 5) is 14.4. The van der Waals surface area contributed by atoms with Crippen LogP contribution in [-0.2, 0) is 19.4 Å². The summed E-state index contributed by atoms with van der Waals surface area (Å²) in [6.45, 7) is 9.61. The first kappa shape index (κ1) is 29.5. The maximum atomic E-state index is 14.0. The predicted octanol–water partition coefficient (Wildman–Crippen LogP) is 6.57. The van der Waals surface area contributed by atoms with Crippen molar-refractivity contribution in [3.63, 3.8) is 0 Å². The van der Waals surface area contributed by atoms with Gasteiger partial charge in [-0.2, -0.15) is 5.26 Å². The zero-order valence-corrected chi connectivity index (χ0v) is 24.1. The zero-order valence-electron chi connectivity index (χ0n) is 23.2. The fraction of sp³-hybridized carbons (Fsp3) is 0.533. The first-order valence-electron chi connectivity index (χ1n) is 13.4. The highest BCUT2D eigenvalue weighted by molar-refractivity contribution is 7.91. The molecule has 0 radical (unpaired) electrons. The first-order chi connectivity index (χ1) is 17.9. The Balaban J connectivity index is 2.15. The Bertz CT molecular complexity index is 1250. The lowest BCUT2D eigenvalue weighted by molar-refractivity contribution is -0.157. The van der Waals surface area contributed by atoms with Crippen LogP contribution >= 0.6 is 0 Å². The lowest BCUT2D eigenvalue weighted by Gasteiger charge is -2.37. The van der Waals surface area contributed by atoms with Crippen molar-refractivity contribution in [1.82, 2.24) is 0 Å². The van der Waals surface area contributed by atoms with E-state index in [-0.39, 0.29) is 22.0 Å². The Morgan fingerprint density at radius 2 is 1.71 bits per heavy atom. The van der Waals surface area contributed by atoms with Crippen molar-refractivity contribution in [2.24, 2.45) is 5.41 Å². The van der Waals surface area contributed by atoms with Gasteiger partial charge in [-0.15, -0.1) is 0 Å².